The predicted molar refractivity (Wildman–Crippen MR) is 44.7 cm³/mol. The molecule has 0 fully saturated rings. The standard InChI is InChI=1S/C9H10F9/c1-2-3-4-5-6(10,11)7(12,13)8(14,15)9(16,17)18/h5H,2-4H2,1H3. The average molecular weight is 289 g/mol. The quantitative estimate of drug-likeness (QED) is 0.484. The van der Waals surface area contributed by atoms with Crippen LogP contribution in [0.1, 0.15) is 26.2 Å². The first-order valence-electron chi connectivity index (χ1n) is 4.85. The van der Waals surface area contributed by atoms with Crippen molar-refractivity contribution in [3.8, 4) is 0 Å². The van der Waals surface area contributed by atoms with Gasteiger partial charge in [0, 0.05) is 6.42 Å². The minimum atomic E-state index is -6.80. The lowest BCUT2D eigenvalue weighted by Crippen LogP contribution is -2.60. The van der Waals surface area contributed by atoms with Gasteiger partial charge in [-0.3, -0.25) is 0 Å². The zero-order valence-corrected chi connectivity index (χ0v) is 9.10. The van der Waals surface area contributed by atoms with Gasteiger partial charge in [-0.2, -0.15) is 39.5 Å². The molecule has 18 heavy (non-hydrogen) atoms. The van der Waals surface area contributed by atoms with Gasteiger partial charge in [-0.1, -0.05) is 19.8 Å². The van der Waals surface area contributed by atoms with Crippen molar-refractivity contribution in [1.82, 2.24) is 0 Å². The van der Waals surface area contributed by atoms with Crippen molar-refractivity contribution >= 4 is 0 Å². The van der Waals surface area contributed by atoms with E-state index >= 15 is 0 Å². The Morgan fingerprint density at radius 3 is 1.56 bits per heavy atom. The van der Waals surface area contributed by atoms with Crippen molar-refractivity contribution in [3.05, 3.63) is 6.42 Å². The summed E-state index contributed by atoms with van der Waals surface area (Å²) in [6.07, 6.45) is -7.67. The minimum absolute atomic E-state index is 0.0245. The first-order chi connectivity index (χ1) is 7.81. The fourth-order valence-electron chi connectivity index (χ4n) is 1.00. The molecule has 0 unspecified atom stereocenters. The Kier molecular flexibility index (Phi) is 4.98. The Labute approximate surface area is 97.1 Å². The van der Waals surface area contributed by atoms with Crippen LogP contribution in [0.2, 0.25) is 0 Å². The monoisotopic (exact) mass is 289 g/mol. The highest BCUT2D eigenvalue weighted by molar-refractivity contribution is 5.05. The maximum atomic E-state index is 12.8. The second-order valence-electron chi connectivity index (χ2n) is 3.62. The van der Waals surface area contributed by atoms with Crippen LogP contribution in [0.4, 0.5) is 39.5 Å². The van der Waals surface area contributed by atoms with Gasteiger partial charge >= 0.3 is 23.9 Å². The Morgan fingerprint density at radius 1 is 0.778 bits per heavy atom. The number of rotatable bonds is 6. The van der Waals surface area contributed by atoms with Gasteiger partial charge in [0.25, 0.3) is 0 Å². The lowest BCUT2D eigenvalue weighted by molar-refractivity contribution is -0.390. The van der Waals surface area contributed by atoms with E-state index in [4.69, 9.17) is 0 Å². The largest absolute Gasteiger partial charge is 0.460 e. The fraction of sp³-hybridized carbons (Fsp3) is 0.889. The molecule has 0 amide bonds. The van der Waals surface area contributed by atoms with Gasteiger partial charge in [0.05, 0.1) is 0 Å². The van der Waals surface area contributed by atoms with Crippen LogP contribution in [0.3, 0.4) is 0 Å². The normalized spacial score (nSPS) is 15.0. The van der Waals surface area contributed by atoms with Crippen molar-refractivity contribution in [1.29, 1.82) is 0 Å². The Balaban J connectivity index is 5.11. The lowest BCUT2D eigenvalue weighted by Gasteiger charge is -2.33. The van der Waals surface area contributed by atoms with Crippen molar-refractivity contribution in [2.24, 2.45) is 0 Å². The molecule has 0 aliphatic carbocycles. The van der Waals surface area contributed by atoms with Crippen LogP contribution in [-0.2, 0) is 0 Å². The van der Waals surface area contributed by atoms with Gasteiger partial charge in [-0.25, -0.2) is 0 Å². The third-order valence-corrected chi connectivity index (χ3v) is 2.13. The van der Waals surface area contributed by atoms with E-state index in [1.165, 1.54) is 6.92 Å². The van der Waals surface area contributed by atoms with Crippen LogP contribution in [0, 0.1) is 6.42 Å². The van der Waals surface area contributed by atoms with Crippen molar-refractivity contribution in [3.63, 3.8) is 0 Å². The first-order valence-corrected chi connectivity index (χ1v) is 4.85. The average Bonchev–Trinajstić information content (AvgIpc) is 2.15. The molecule has 0 spiro atoms. The van der Waals surface area contributed by atoms with Gasteiger partial charge in [0.15, 0.2) is 0 Å². The summed E-state index contributed by atoms with van der Waals surface area (Å²) in [6, 6.07) is 0. The summed E-state index contributed by atoms with van der Waals surface area (Å²) in [6.45, 7) is 1.51. The second kappa shape index (κ2) is 5.16. The molecule has 0 bridgehead atoms. The van der Waals surface area contributed by atoms with Crippen LogP contribution in [0.15, 0.2) is 0 Å². The van der Waals surface area contributed by atoms with Crippen LogP contribution in [0.25, 0.3) is 0 Å². The molecule has 0 heterocycles. The van der Waals surface area contributed by atoms with Crippen LogP contribution in [0.5, 0.6) is 0 Å². The molecular weight excluding hydrogens is 279 g/mol. The molecular formula is C9H10F9. The van der Waals surface area contributed by atoms with Crippen molar-refractivity contribution in [2.75, 3.05) is 0 Å². The van der Waals surface area contributed by atoms with Gasteiger partial charge in [-0.15, -0.1) is 0 Å². The summed E-state index contributed by atoms with van der Waals surface area (Å²) in [7, 11) is 0. The third kappa shape index (κ3) is 3.03. The highest BCUT2D eigenvalue weighted by Gasteiger charge is 2.81. The summed E-state index contributed by atoms with van der Waals surface area (Å²) in [4.78, 5) is 0. The smallest absolute Gasteiger partial charge is 0.199 e. The van der Waals surface area contributed by atoms with E-state index < -0.39 is 36.8 Å². The predicted octanol–water partition coefficient (Wildman–Crippen LogP) is 4.85. The van der Waals surface area contributed by atoms with Gasteiger partial charge < -0.3 is 0 Å². The molecule has 0 aromatic carbocycles. The number of unbranched alkanes of at least 4 members (excludes halogenated alkanes) is 2. The topological polar surface area (TPSA) is 0 Å². The highest BCUT2D eigenvalue weighted by Crippen LogP contribution is 2.54. The molecule has 0 N–H and O–H groups in total. The molecule has 0 saturated heterocycles. The van der Waals surface area contributed by atoms with Gasteiger partial charge in [0.1, 0.15) is 0 Å². The maximum Gasteiger partial charge on any atom is 0.460 e. The van der Waals surface area contributed by atoms with E-state index in [9.17, 15) is 39.5 Å². The molecule has 0 aliphatic rings. The molecule has 0 aliphatic heterocycles. The zero-order valence-electron chi connectivity index (χ0n) is 9.10. The summed E-state index contributed by atoms with van der Waals surface area (Å²) < 4.78 is 111. The Morgan fingerprint density at radius 2 is 1.22 bits per heavy atom. The molecule has 0 aromatic rings. The molecule has 0 atom stereocenters. The number of hydrogen-bond acceptors (Lipinski definition) is 0. The lowest BCUT2D eigenvalue weighted by atomic mass is 9.98. The summed E-state index contributed by atoms with van der Waals surface area (Å²) in [5.74, 6) is -18.9. The second-order valence-corrected chi connectivity index (χ2v) is 3.62. The molecule has 0 saturated carbocycles. The molecule has 0 rings (SSSR count). The number of alkyl halides is 9. The number of halogens is 9. The summed E-state index contributed by atoms with van der Waals surface area (Å²) in [5.41, 5.74) is 0. The van der Waals surface area contributed by atoms with Crippen LogP contribution < -0.4 is 0 Å². The maximum absolute atomic E-state index is 12.8. The molecule has 109 valence electrons. The molecule has 9 heteroatoms. The van der Waals surface area contributed by atoms with E-state index in [0.717, 1.165) is 0 Å². The van der Waals surface area contributed by atoms with E-state index in [-0.39, 0.29) is 6.42 Å². The Bertz CT molecular complexity index is 266. The zero-order chi connectivity index (χ0) is 14.8. The van der Waals surface area contributed by atoms with Crippen LogP contribution in [-0.4, -0.2) is 23.9 Å². The molecule has 0 aromatic heterocycles. The third-order valence-electron chi connectivity index (χ3n) is 2.13. The minimum Gasteiger partial charge on any atom is -0.199 e. The summed E-state index contributed by atoms with van der Waals surface area (Å²) >= 11 is 0. The highest BCUT2D eigenvalue weighted by atomic mass is 19.4. The van der Waals surface area contributed by atoms with Crippen molar-refractivity contribution < 1.29 is 39.5 Å². The van der Waals surface area contributed by atoms with E-state index in [1.54, 1.807) is 0 Å². The fourth-order valence-corrected chi connectivity index (χ4v) is 1.00. The van der Waals surface area contributed by atoms with E-state index in [2.05, 4.69) is 0 Å². The molecule has 1 radical (unpaired) electrons. The van der Waals surface area contributed by atoms with Gasteiger partial charge in [-0.05, 0) is 6.42 Å². The Hall–Kier alpha value is -0.630. The molecule has 0 nitrogen and oxygen atoms in total. The van der Waals surface area contributed by atoms with Crippen LogP contribution >= 0.6 is 0 Å². The first kappa shape index (κ1) is 17.4. The number of hydrogen-bond donors (Lipinski definition) is 0. The van der Waals surface area contributed by atoms with E-state index in [0.29, 0.717) is 6.42 Å². The summed E-state index contributed by atoms with van der Waals surface area (Å²) in [5, 5.41) is 0. The van der Waals surface area contributed by atoms with Crippen molar-refractivity contribution in [2.45, 2.75) is 50.1 Å². The SMILES string of the molecule is CCCC[CH]C(F)(F)C(F)(F)C(F)(F)C(F)(F)F. The van der Waals surface area contributed by atoms with E-state index in [1.807, 2.05) is 0 Å². The van der Waals surface area contributed by atoms with Gasteiger partial charge in [0.2, 0.25) is 0 Å².